The normalized spacial score (nSPS) is 16.9. The average Bonchev–Trinajstić information content (AvgIpc) is 2.74. The summed E-state index contributed by atoms with van der Waals surface area (Å²) in [5.41, 5.74) is 0. The Morgan fingerprint density at radius 1 is 0.700 bits per heavy atom. The highest BCUT2D eigenvalue weighted by Crippen LogP contribution is 2.13. The molecule has 1 aliphatic rings. The number of ether oxygens (including phenoxy) is 1. The number of hydrogen-bond donors (Lipinski definition) is 2. The molecule has 0 aliphatic carbocycles. The number of piperazine rings is 1. The van der Waals surface area contributed by atoms with Crippen LogP contribution in [-0.4, -0.2) is 67.1 Å². The standard InChI is InChI=1S/C25H53N3O2/c1-2-3-4-5-6-7-8-9-10-11-12-13-14-15-16-17-22-30-24-25(29)23-27-18-20-28(26)21-19-27/h25,29H,2-24,26H2,1H3/t25-/m0/s1. The summed E-state index contributed by atoms with van der Waals surface area (Å²) in [6, 6.07) is 0. The second-order valence-electron chi connectivity index (χ2n) is 9.37. The van der Waals surface area contributed by atoms with E-state index in [1.165, 1.54) is 96.3 Å². The first kappa shape index (κ1) is 27.8. The molecular weight excluding hydrogens is 374 g/mol. The van der Waals surface area contributed by atoms with E-state index < -0.39 is 0 Å². The lowest BCUT2D eigenvalue weighted by molar-refractivity contribution is 0.00614. The highest BCUT2D eigenvalue weighted by Gasteiger charge is 2.17. The molecule has 1 aliphatic heterocycles. The van der Waals surface area contributed by atoms with Gasteiger partial charge in [0, 0.05) is 39.3 Å². The molecule has 5 heteroatoms. The van der Waals surface area contributed by atoms with Crippen molar-refractivity contribution < 1.29 is 9.84 Å². The number of hydrazine groups is 1. The van der Waals surface area contributed by atoms with Gasteiger partial charge in [-0.15, -0.1) is 0 Å². The van der Waals surface area contributed by atoms with Gasteiger partial charge < -0.3 is 9.84 Å². The van der Waals surface area contributed by atoms with Gasteiger partial charge in [0.1, 0.15) is 0 Å². The van der Waals surface area contributed by atoms with Crippen LogP contribution in [0, 0.1) is 0 Å². The molecule has 0 radical (unpaired) electrons. The lowest BCUT2D eigenvalue weighted by Gasteiger charge is -2.33. The zero-order valence-electron chi connectivity index (χ0n) is 20.2. The first-order valence-electron chi connectivity index (χ1n) is 13.2. The van der Waals surface area contributed by atoms with Crippen molar-refractivity contribution in [2.24, 2.45) is 5.84 Å². The smallest absolute Gasteiger partial charge is 0.0900 e. The molecular formula is C25H53N3O2. The third-order valence-corrected chi connectivity index (χ3v) is 6.33. The molecule has 180 valence electrons. The Kier molecular flexibility index (Phi) is 19.2. The van der Waals surface area contributed by atoms with Crippen LogP contribution < -0.4 is 5.84 Å². The Morgan fingerprint density at radius 3 is 1.60 bits per heavy atom. The first-order chi connectivity index (χ1) is 14.7. The van der Waals surface area contributed by atoms with Gasteiger partial charge >= 0.3 is 0 Å². The SMILES string of the molecule is CCCCCCCCCCCCCCCCCCOC[C@@H](O)CN1CCN(N)CC1. The number of nitrogens with two attached hydrogens (primary N) is 1. The molecule has 1 heterocycles. The zero-order valence-corrected chi connectivity index (χ0v) is 20.2. The van der Waals surface area contributed by atoms with Gasteiger partial charge in [-0.1, -0.05) is 103 Å². The van der Waals surface area contributed by atoms with Gasteiger partial charge in [0.15, 0.2) is 0 Å². The highest BCUT2D eigenvalue weighted by atomic mass is 16.5. The molecule has 0 unspecified atom stereocenters. The summed E-state index contributed by atoms with van der Waals surface area (Å²) in [5, 5.41) is 11.9. The van der Waals surface area contributed by atoms with Gasteiger partial charge in [-0.2, -0.15) is 0 Å². The van der Waals surface area contributed by atoms with Crippen molar-refractivity contribution >= 4 is 0 Å². The highest BCUT2D eigenvalue weighted by molar-refractivity contribution is 4.71. The summed E-state index contributed by atoms with van der Waals surface area (Å²) in [4.78, 5) is 2.27. The summed E-state index contributed by atoms with van der Waals surface area (Å²) in [7, 11) is 0. The topological polar surface area (TPSA) is 62.0 Å². The number of unbranched alkanes of at least 4 members (excludes halogenated alkanes) is 15. The van der Waals surface area contributed by atoms with Crippen LogP contribution in [0.3, 0.4) is 0 Å². The maximum absolute atomic E-state index is 10.1. The van der Waals surface area contributed by atoms with E-state index in [0.717, 1.165) is 39.2 Å². The zero-order chi connectivity index (χ0) is 21.7. The van der Waals surface area contributed by atoms with E-state index >= 15 is 0 Å². The molecule has 0 spiro atoms. The van der Waals surface area contributed by atoms with E-state index in [1.807, 2.05) is 5.01 Å². The minimum atomic E-state index is -0.379. The number of β-amino-alcohol motifs (C(OH)–C–C–N with tert-alkyl or cyclic N) is 1. The molecule has 0 aromatic heterocycles. The molecule has 1 rings (SSSR count). The van der Waals surface area contributed by atoms with E-state index in [9.17, 15) is 5.11 Å². The number of nitrogens with zero attached hydrogens (tertiary/aromatic N) is 2. The third kappa shape index (κ3) is 17.5. The van der Waals surface area contributed by atoms with Crippen LogP contribution >= 0.6 is 0 Å². The predicted molar refractivity (Wildman–Crippen MR) is 129 cm³/mol. The van der Waals surface area contributed by atoms with Crippen molar-refractivity contribution in [1.29, 1.82) is 0 Å². The largest absolute Gasteiger partial charge is 0.389 e. The third-order valence-electron chi connectivity index (χ3n) is 6.33. The van der Waals surface area contributed by atoms with E-state index in [0.29, 0.717) is 13.2 Å². The molecule has 1 fully saturated rings. The van der Waals surface area contributed by atoms with Crippen LogP contribution in [0.4, 0.5) is 0 Å². The van der Waals surface area contributed by atoms with Crippen molar-refractivity contribution in [2.45, 2.75) is 116 Å². The average molecular weight is 428 g/mol. The van der Waals surface area contributed by atoms with E-state index in [2.05, 4.69) is 11.8 Å². The van der Waals surface area contributed by atoms with Gasteiger partial charge in [-0.25, -0.2) is 5.01 Å². The Balaban J connectivity index is 1.71. The molecule has 1 saturated heterocycles. The van der Waals surface area contributed by atoms with Crippen molar-refractivity contribution in [1.82, 2.24) is 9.91 Å². The van der Waals surface area contributed by atoms with Gasteiger partial charge in [-0.3, -0.25) is 10.7 Å². The molecule has 0 aromatic carbocycles. The maximum atomic E-state index is 10.1. The Labute approximate surface area is 187 Å². The molecule has 0 aromatic rings. The van der Waals surface area contributed by atoms with Crippen LogP contribution in [0.1, 0.15) is 110 Å². The summed E-state index contributed by atoms with van der Waals surface area (Å²) in [5.74, 6) is 5.76. The van der Waals surface area contributed by atoms with Crippen molar-refractivity contribution in [3.8, 4) is 0 Å². The van der Waals surface area contributed by atoms with Crippen LogP contribution in [0.25, 0.3) is 0 Å². The molecule has 0 bridgehead atoms. The molecule has 5 nitrogen and oxygen atoms in total. The van der Waals surface area contributed by atoms with Crippen LogP contribution in [0.15, 0.2) is 0 Å². The minimum Gasteiger partial charge on any atom is -0.389 e. The fourth-order valence-electron chi connectivity index (χ4n) is 4.27. The quantitative estimate of drug-likeness (QED) is 0.197. The lowest BCUT2D eigenvalue weighted by atomic mass is 10.0. The Morgan fingerprint density at radius 2 is 1.13 bits per heavy atom. The summed E-state index contributed by atoms with van der Waals surface area (Å²) >= 11 is 0. The molecule has 3 N–H and O–H groups in total. The van der Waals surface area contributed by atoms with E-state index in [1.54, 1.807) is 0 Å². The summed E-state index contributed by atoms with van der Waals surface area (Å²) in [6.07, 6.45) is 21.8. The van der Waals surface area contributed by atoms with Crippen molar-refractivity contribution in [2.75, 3.05) is 45.9 Å². The number of hydrogen-bond acceptors (Lipinski definition) is 5. The van der Waals surface area contributed by atoms with Crippen molar-refractivity contribution in [3.05, 3.63) is 0 Å². The van der Waals surface area contributed by atoms with Gasteiger partial charge in [0.05, 0.1) is 12.7 Å². The van der Waals surface area contributed by atoms with Gasteiger partial charge in [0.2, 0.25) is 0 Å². The Hall–Kier alpha value is -0.200. The molecule has 1 atom stereocenters. The number of rotatable bonds is 21. The van der Waals surface area contributed by atoms with E-state index in [4.69, 9.17) is 10.6 Å². The van der Waals surface area contributed by atoms with Crippen LogP contribution in [0.2, 0.25) is 0 Å². The number of aliphatic hydroxyl groups excluding tert-OH is 1. The second kappa shape index (κ2) is 20.7. The second-order valence-corrected chi connectivity index (χ2v) is 9.37. The summed E-state index contributed by atoms with van der Waals surface area (Å²) in [6.45, 7) is 7.87. The maximum Gasteiger partial charge on any atom is 0.0900 e. The van der Waals surface area contributed by atoms with Crippen molar-refractivity contribution in [3.63, 3.8) is 0 Å². The van der Waals surface area contributed by atoms with E-state index in [-0.39, 0.29) is 6.10 Å². The molecule has 30 heavy (non-hydrogen) atoms. The van der Waals surface area contributed by atoms with Crippen LogP contribution in [0.5, 0.6) is 0 Å². The van der Waals surface area contributed by atoms with Gasteiger partial charge in [0.25, 0.3) is 0 Å². The van der Waals surface area contributed by atoms with Crippen LogP contribution in [-0.2, 0) is 4.74 Å². The van der Waals surface area contributed by atoms with Gasteiger partial charge in [-0.05, 0) is 6.42 Å². The summed E-state index contributed by atoms with van der Waals surface area (Å²) < 4.78 is 5.67. The fraction of sp³-hybridized carbons (Fsp3) is 1.00. The Bertz CT molecular complexity index is 349. The fourth-order valence-corrected chi connectivity index (χ4v) is 4.27. The monoisotopic (exact) mass is 427 g/mol. The predicted octanol–water partition coefficient (Wildman–Crippen LogP) is 5.12. The molecule has 0 saturated carbocycles. The molecule has 0 amide bonds. The minimum absolute atomic E-state index is 0.379. The first-order valence-corrected chi connectivity index (χ1v) is 13.2. The number of aliphatic hydroxyl groups is 1. The lowest BCUT2D eigenvalue weighted by Crippen LogP contribution is -2.51.